The molecular formula is C16H23N5S. The number of piperidine rings is 1. The summed E-state index contributed by atoms with van der Waals surface area (Å²) in [6.45, 7) is 6.97. The number of thiazole rings is 1. The van der Waals surface area contributed by atoms with Crippen LogP contribution in [0.25, 0.3) is 0 Å². The Morgan fingerprint density at radius 3 is 3.05 bits per heavy atom. The van der Waals surface area contributed by atoms with Gasteiger partial charge in [-0.15, -0.1) is 11.3 Å². The Bertz CT molecular complexity index is 584. The molecule has 1 saturated heterocycles. The standard InChI is InChI=1S/C16H23N5S/c1-12(2)21-6-3-4-13(10-21)8-14-9-15(19-11-18-14)20-16-17-5-7-22-16/h5,7,9,11-13H,3-4,6,8,10H2,1-2H3,(H,17,18,19,20)/t13-/m1/s1. The molecule has 2 aromatic heterocycles. The van der Waals surface area contributed by atoms with Gasteiger partial charge in [0.05, 0.1) is 0 Å². The fourth-order valence-corrected chi connectivity index (χ4v) is 3.54. The summed E-state index contributed by atoms with van der Waals surface area (Å²) in [5, 5.41) is 6.05. The molecule has 1 atom stereocenters. The van der Waals surface area contributed by atoms with Crippen molar-refractivity contribution in [2.24, 2.45) is 5.92 Å². The average Bonchev–Trinajstić information content (AvgIpc) is 3.01. The van der Waals surface area contributed by atoms with Gasteiger partial charge in [-0.2, -0.15) is 0 Å². The molecular weight excluding hydrogens is 294 g/mol. The number of rotatable bonds is 5. The van der Waals surface area contributed by atoms with Crippen molar-refractivity contribution in [3.05, 3.63) is 29.7 Å². The van der Waals surface area contributed by atoms with Crippen LogP contribution in [0.4, 0.5) is 10.9 Å². The molecule has 0 amide bonds. The van der Waals surface area contributed by atoms with Gasteiger partial charge < -0.3 is 10.2 Å². The highest BCUT2D eigenvalue weighted by Gasteiger charge is 2.22. The molecule has 2 aromatic rings. The minimum atomic E-state index is 0.635. The Kier molecular flexibility index (Phi) is 5.00. The van der Waals surface area contributed by atoms with E-state index >= 15 is 0 Å². The highest BCUT2D eigenvalue weighted by molar-refractivity contribution is 7.13. The van der Waals surface area contributed by atoms with Gasteiger partial charge in [-0.3, -0.25) is 0 Å². The molecule has 0 unspecified atom stereocenters. The van der Waals surface area contributed by atoms with Crippen molar-refractivity contribution >= 4 is 22.3 Å². The minimum absolute atomic E-state index is 0.635. The summed E-state index contributed by atoms with van der Waals surface area (Å²) in [5.41, 5.74) is 1.12. The Morgan fingerprint density at radius 2 is 2.27 bits per heavy atom. The van der Waals surface area contributed by atoms with Gasteiger partial charge >= 0.3 is 0 Å². The predicted octanol–water partition coefficient (Wildman–Crippen LogP) is 3.34. The van der Waals surface area contributed by atoms with Crippen LogP contribution in [0.5, 0.6) is 0 Å². The lowest BCUT2D eigenvalue weighted by Crippen LogP contribution is -2.40. The van der Waals surface area contributed by atoms with Gasteiger partial charge in [0.25, 0.3) is 0 Å². The van der Waals surface area contributed by atoms with Crippen molar-refractivity contribution in [1.29, 1.82) is 0 Å². The summed E-state index contributed by atoms with van der Waals surface area (Å²) in [6.07, 6.45) is 7.05. The number of hydrogen-bond acceptors (Lipinski definition) is 6. The zero-order valence-electron chi connectivity index (χ0n) is 13.2. The van der Waals surface area contributed by atoms with Gasteiger partial charge in [0, 0.05) is 35.9 Å². The van der Waals surface area contributed by atoms with Crippen molar-refractivity contribution in [1.82, 2.24) is 19.9 Å². The zero-order chi connectivity index (χ0) is 15.4. The molecule has 0 bridgehead atoms. The summed E-state index contributed by atoms with van der Waals surface area (Å²) < 4.78 is 0. The lowest BCUT2D eigenvalue weighted by Gasteiger charge is -2.35. The summed E-state index contributed by atoms with van der Waals surface area (Å²) >= 11 is 1.57. The average molecular weight is 317 g/mol. The Balaban J connectivity index is 1.62. The van der Waals surface area contributed by atoms with Gasteiger partial charge in [0.1, 0.15) is 12.1 Å². The van der Waals surface area contributed by atoms with Crippen LogP contribution in [0.3, 0.4) is 0 Å². The van der Waals surface area contributed by atoms with Crippen LogP contribution >= 0.6 is 11.3 Å². The molecule has 5 nitrogen and oxygen atoms in total. The van der Waals surface area contributed by atoms with Crippen LogP contribution in [-0.2, 0) is 6.42 Å². The normalized spacial score (nSPS) is 19.5. The Morgan fingerprint density at radius 1 is 1.36 bits per heavy atom. The summed E-state index contributed by atoms with van der Waals surface area (Å²) in [6, 6.07) is 2.69. The smallest absolute Gasteiger partial charge is 0.188 e. The van der Waals surface area contributed by atoms with Crippen LogP contribution in [0.2, 0.25) is 0 Å². The van der Waals surface area contributed by atoms with E-state index in [-0.39, 0.29) is 0 Å². The van der Waals surface area contributed by atoms with Crippen molar-refractivity contribution < 1.29 is 0 Å². The second-order valence-corrected chi connectivity index (χ2v) is 7.05. The Labute approximate surface area is 135 Å². The highest BCUT2D eigenvalue weighted by Crippen LogP contribution is 2.23. The fourth-order valence-electron chi connectivity index (χ4n) is 3.00. The lowest BCUT2D eigenvalue weighted by molar-refractivity contribution is 0.139. The van der Waals surface area contributed by atoms with Gasteiger partial charge in [0.2, 0.25) is 0 Å². The fraction of sp³-hybridized carbons (Fsp3) is 0.562. The van der Waals surface area contributed by atoms with E-state index in [1.165, 1.54) is 25.9 Å². The van der Waals surface area contributed by atoms with E-state index in [1.807, 2.05) is 5.38 Å². The zero-order valence-corrected chi connectivity index (χ0v) is 14.0. The maximum absolute atomic E-state index is 4.45. The molecule has 1 aliphatic heterocycles. The van der Waals surface area contributed by atoms with E-state index in [0.29, 0.717) is 12.0 Å². The first-order chi connectivity index (χ1) is 10.7. The van der Waals surface area contributed by atoms with Crippen molar-refractivity contribution in [3.63, 3.8) is 0 Å². The second-order valence-electron chi connectivity index (χ2n) is 6.16. The number of nitrogens with one attached hydrogen (secondary N) is 1. The number of nitrogens with zero attached hydrogens (tertiary/aromatic N) is 4. The van der Waals surface area contributed by atoms with Crippen LogP contribution in [0.1, 0.15) is 32.4 Å². The molecule has 3 heterocycles. The highest BCUT2D eigenvalue weighted by atomic mass is 32.1. The molecule has 6 heteroatoms. The maximum atomic E-state index is 4.45. The lowest BCUT2D eigenvalue weighted by atomic mass is 9.92. The molecule has 118 valence electrons. The molecule has 22 heavy (non-hydrogen) atoms. The molecule has 0 aliphatic carbocycles. The van der Waals surface area contributed by atoms with Crippen molar-refractivity contribution in [3.8, 4) is 0 Å². The monoisotopic (exact) mass is 317 g/mol. The van der Waals surface area contributed by atoms with Gasteiger partial charge in [0.15, 0.2) is 5.13 Å². The molecule has 1 N–H and O–H groups in total. The first-order valence-corrected chi connectivity index (χ1v) is 8.80. The Hall–Kier alpha value is -1.53. The van der Waals surface area contributed by atoms with E-state index in [9.17, 15) is 0 Å². The van der Waals surface area contributed by atoms with Crippen LogP contribution < -0.4 is 5.32 Å². The summed E-state index contributed by atoms with van der Waals surface area (Å²) in [4.78, 5) is 15.5. The number of aromatic nitrogens is 3. The third-order valence-corrected chi connectivity index (χ3v) is 4.86. The van der Waals surface area contributed by atoms with E-state index < -0.39 is 0 Å². The van der Waals surface area contributed by atoms with Crippen LogP contribution in [-0.4, -0.2) is 39.0 Å². The van der Waals surface area contributed by atoms with Gasteiger partial charge in [-0.25, -0.2) is 15.0 Å². The largest absolute Gasteiger partial charge is 0.316 e. The molecule has 3 rings (SSSR count). The van der Waals surface area contributed by atoms with E-state index in [0.717, 1.165) is 23.1 Å². The SMILES string of the molecule is CC(C)N1CCC[C@H](Cc2cc(Nc3nccs3)ncn2)C1. The molecule has 1 fully saturated rings. The summed E-state index contributed by atoms with van der Waals surface area (Å²) in [7, 11) is 0. The number of anilines is 2. The molecule has 0 saturated carbocycles. The first-order valence-electron chi connectivity index (χ1n) is 7.92. The number of hydrogen-bond donors (Lipinski definition) is 1. The van der Waals surface area contributed by atoms with Gasteiger partial charge in [-0.1, -0.05) is 0 Å². The van der Waals surface area contributed by atoms with E-state index in [4.69, 9.17) is 0 Å². The molecule has 0 spiro atoms. The first kappa shape index (κ1) is 15.4. The quantitative estimate of drug-likeness (QED) is 0.916. The van der Waals surface area contributed by atoms with E-state index in [1.54, 1.807) is 23.9 Å². The van der Waals surface area contributed by atoms with Crippen molar-refractivity contribution in [2.45, 2.75) is 39.2 Å². The molecule has 0 aromatic carbocycles. The number of likely N-dealkylation sites (tertiary alicyclic amines) is 1. The topological polar surface area (TPSA) is 53.9 Å². The van der Waals surface area contributed by atoms with Crippen LogP contribution in [0, 0.1) is 5.92 Å². The molecule has 0 radical (unpaired) electrons. The summed E-state index contributed by atoms with van der Waals surface area (Å²) in [5.74, 6) is 1.52. The van der Waals surface area contributed by atoms with Gasteiger partial charge in [-0.05, 0) is 45.6 Å². The minimum Gasteiger partial charge on any atom is -0.316 e. The second kappa shape index (κ2) is 7.15. The third kappa shape index (κ3) is 4.01. The van der Waals surface area contributed by atoms with Crippen LogP contribution in [0.15, 0.2) is 24.0 Å². The predicted molar refractivity (Wildman–Crippen MR) is 90.6 cm³/mol. The maximum Gasteiger partial charge on any atom is 0.188 e. The van der Waals surface area contributed by atoms with Crippen molar-refractivity contribution in [2.75, 3.05) is 18.4 Å². The molecule has 1 aliphatic rings. The third-order valence-electron chi connectivity index (χ3n) is 4.17. The van der Waals surface area contributed by atoms with E-state index in [2.05, 4.69) is 45.1 Å².